The number of aromatic nitrogens is 2. The van der Waals surface area contributed by atoms with Gasteiger partial charge in [0.15, 0.2) is 0 Å². The molecule has 0 amide bonds. The van der Waals surface area contributed by atoms with Gasteiger partial charge in [0.05, 0.1) is 11.0 Å². The molecule has 1 atom stereocenters. The second-order valence-corrected chi connectivity index (χ2v) is 3.16. The highest BCUT2D eigenvalue weighted by molar-refractivity contribution is 7.80. The largest absolute Gasteiger partial charge is 0.323 e. The molecule has 1 aromatic carbocycles. The standard InChI is InChI=1S/C7H7N3O2S/c11-13(12)10-7-8-5-3-1-2-4-6(5)9-7/h1-4H,(H,11,12)(H2,8,9,10). The fourth-order valence-corrected chi connectivity index (χ4v) is 1.35. The van der Waals surface area contributed by atoms with Crippen LogP contribution in [0.1, 0.15) is 0 Å². The van der Waals surface area contributed by atoms with Gasteiger partial charge in [0, 0.05) is 0 Å². The van der Waals surface area contributed by atoms with Crippen molar-refractivity contribution in [1.82, 2.24) is 9.97 Å². The maximum Gasteiger partial charge on any atom is 0.261 e. The Labute approximate surface area is 76.6 Å². The van der Waals surface area contributed by atoms with Crippen LogP contribution in [-0.4, -0.2) is 18.7 Å². The van der Waals surface area contributed by atoms with Crippen molar-refractivity contribution in [3.8, 4) is 0 Å². The minimum absolute atomic E-state index is 0.294. The second kappa shape index (κ2) is 3.15. The average molecular weight is 197 g/mol. The molecule has 0 spiro atoms. The molecule has 0 radical (unpaired) electrons. The fraction of sp³-hybridized carbons (Fsp3) is 0. The lowest BCUT2D eigenvalue weighted by Crippen LogP contribution is -2.02. The van der Waals surface area contributed by atoms with Crippen molar-refractivity contribution < 1.29 is 8.76 Å². The van der Waals surface area contributed by atoms with Gasteiger partial charge in [0.25, 0.3) is 11.3 Å². The van der Waals surface area contributed by atoms with E-state index in [1.54, 1.807) is 0 Å². The van der Waals surface area contributed by atoms with Crippen LogP contribution in [0.5, 0.6) is 0 Å². The Kier molecular flexibility index (Phi) is 1.99. The van der Waals surface area contributed by atoms with E-state index < -0.39 is 11.3 Å². The molecule has 0 saturated carbocycles. The molecular formula is C7H7N3O2S. The van der Waals surface area contributed by atoms with Crippen LogP contribution in [0, 0.1) is 0 Å². The summed E-state index contributed by atoms with van der Waals surface area (Å²) in [5.74, 6) is 0.294. The molecule has 3 N–H and O–H groups in total. The van der Waals surface area contributed by atoms with E-state index in [9.17, 15) is 4.21 Å². The Morgan fingerprint density at radius 3 is 2.92 bits per heavy atom. The maximum atomic E-state index is 10.4. The number of fused-ring (bicyclic) bond motifs is 1. The van der Waals surface area contributed by atoms with Crippen molar-refractivity contribution in [2.24, 2.45) is 0 Å². The van der Waals surface area contributed by atoms with Crippen molar-refractivity contribution in [3.63, 3.8) is 0 Å². The number of benzene rings is 1. The molecule has 2 rings (SSSR count). The first-order valence-electron chi connectivity index (χ1n) is 3.58. The molecule has 0 saturated heterocycles. The van der Waals surface area contributed by atoms with Crippen LogP contribution >= 0.6 is 0 Å². The first-order valence-corrected chi connectivity index (χ1v) is 4.68. The number of nitrogens with zero attached hydrogens (tertiary/aromatic N) is 1. The van der Waals surface area contributed by atoms with Crippen LogP contribution in [-0.2, 0) is 11.3 Å². The zero-order chi connectivity index (χ0) is 9.26. The molecule has 0 bridgehead atoms. The molecule has 1 unspecified atom stereocenters. The smallest absolute Gasteiger partial charge is 0.261 e. The molecule has 1 aromatic heterocycles. The number of para-hydroxylation sites is 2. The minimum Gasteiger partial charge on any atom is -0.323 e. The quantitative estimate of drug-likeness (QED) is 0.631. The van der Waals surface area contributed by atoms with Crippen LogP contribution in [0.4, 0.5) is 5.95 Å². The van der Waals surface area contributed by atoms with Gasteiger partial charge >= 0.3 is 0 Å². The summed E-state index contributed by atoms with van der Waals surface area (Å²) in [6, 6.07) is 7.37. The lowest BCUT2D eigenvalue weighted by Gasteiger charge is -1.91. The maximum absolute atomic E-state index is 10.4. The Balaban J connectivity index is 2.44. The van der Waals surface area contributed by atoms with Crippen molar-refractivity contribution in [2.75, 3.05) is 4.72 Å². The first-order chi connectivity index (χ1) is 6.25. The molecular weight excluding hydrogens is 190 g/mol. The van der Waals surface area contributed by atoms with Crippen LogP contribution in [0.3, 0.4) is 0 Å². The third-order valence-corrected chi connectivity index (χ3v) is 1.94. The van der Waals surface area contributed by atoms with Crippen molar-refractivity contribution in [1.29, 1.82) is 0 Å². The average Bonchev–Trinajstić information content (AvgIpc) is 2.44. The van der Waals surface area contributed by atoms with Gasteiger partial charge in [-0.1, -0.05) is 12.1 Å². The summed E-state index contributed by atoms with van der Waals surface area (Å²) in [6.45, 7) is 0. The van der Waals surface area contributed by atoms with E-state index in [0.29, 0.717) is 5.95 Å². The summed E-state index contributed by atoms with van der Waals surface area (Å²) in [6.07, 6.45) is 0. The monoisotopic (exact) mass is 197 g/mol. The summed E-state index contributed by atoms with van der Waals surface area (Å²) >= 11 is -2.09. The first kappa shape index (κ1) is 8.21. The Bertz CT molecular complexity index is 421. The number of rotatable bonds is 2. The van der Waals surface area contributed by atoms with Gasteiger partial charge in [-0.3, -0.25) is 9.27 Å². The predicted molar refractivity (Wildman–Crippen MR) is 50.5 cm³/mol. The van der Waals surface area contributed by atoms with Gasteiger partial charge in [-0.25, -0.2) is 9.19 Å². The molecule has 1 heterocycles. The number of H-pyrrole nitrogens is 1. The van der Waals surface area contributed by atoms with Crippen LogP contribution in [0.2, 0.25) is 0 Å². The fourth-order valence-electron chi connectivity index (χ4n) is 1.08. The topological polar surface area (TPSA) is 78.0 Å². The van der Waals surface area contributed by atoms with E-state index in [1.807, 2.05) is 24.3 Å². The second-order valence-electron chi connectivity index (χ2n) is 2.45. The summed E-state index contributed by atoms with van der Waals surface area (Å²) in [5.41, 5.74) is 1.59. The number of anilines is 1. The normalized spacial score (nSPS) is 13.0. The molecule has 13 heavy (non-hydrogen) atoms. The van der Waals surface area contributed by atoms with Gasteiger partial charge < -0.3 is 4.98 Å². The Morgan fingerprint density at radius 2 is 2.23 bits per heavy atom. The van der Waals surface area contributed by atoms with Crippen molar-refractivity contribution in [2.45, 2.75) is 0 Å². The van der Waals surface area contributed by atoms with E-state index in [4.69, 9.17) is 4.55 Å². The summed E-state index contributed by atoms with van der Waals surface area (Å²) in [4.78, 5) is 6.88. The Hall–Kier alpha value is -1.40. The highest BCUT2D eigenvalue weighted by Gasteiger charge is 2.01. The van der Waals surface area contributed by atoms with Crippen LogP contribution in [0.15, 0.2) is 24.3 Å². The van der Waals surface area contributed by atoms with Crippen LogP contribution in [0.25, 0.3) is 11.0 Å². The molecule has 5 nitrogen and oxygen atoms in total. The lowest BCUT2D eigenvalue weighted by atomic mass is 10.3. The summed E-state index contributed by atoms with van der Waals surface area (Å²) in [7, 11) is 0. The van der Waals surface area contributed by atoms with Gasteiger partial charge in [-0.05, 0) is 12.1 Å². The van der Waals surface area contributed by atoms with Gasteiger partial charge in [-0.2, -0.15) is 0 Å². The molecule has 0 aliphatic rings. The highest BCUT2D eigenvalue weighted by atomic mass is 32.2. The number of nitrogens with one attached hydrogen (secondary N) is 2. The molecule has 2 aromatic rings. The Morgan fingerprint density at radius 1 is 1.46 bits per heavy atom. The predicted octanol–water partition coefficient (Wildman–Crippen LogP) is 1.11. The minimum atomic E-state index is -2.09. The third kappa shape index (κ3) is 1.68. The van der Waals surface area contributed by atoms with Gasteiger partial charge in [0.2, 0.25) is 5.95 Å². The molecule has 6 heteroatoms. The van der Waals surface area contributed by atoms with Crippen molar-refractivity contribution in [3.05, 3.63) is 24.3 Å². The van der Waals surface area contributed by atoms with Crippen LogP contribution < -0.4 is 4.72 Å². The van der Waals surface area contributed by atoms with E-state index in [-0.39, 0.29) is 0 Å². The summed E-state index contributed by atoms with van der Waals surface area (Å²) in [5, 5.41) is 0. The zero-order valence-corrected chi connectivity index (χ0v) is 7.34. The molecule has 0 fully saturated rings. The van der Waals surface area contributed by atoms with E-state index in [2.05, 4.69) is 14.7 Å². The molecule has 0 aliphatic heterocycles. The molecule has 0 aliphatic carbocycles. The van der Waals surface area contributed by atoms with E-state index in [1.165, 1.54) is 0 Å². The highest BCUT2D eigenvalue weighted by Crippen LogP contribution is 2.12. The summed E-state index contributed by atoms with van der Waals surface area (Å²) < 4.78 is 21.2. The number of hydrogen-bond acceptors (Lipinski definition) is 2. The third-order valence-electron chi connectivity index (χ3n) is 1.57. The van der Waals surface area contributed by atoms with Gasteiger partial charge in [-0.15, -0.1) is 0 Å². The number of aromatic amines is 1. The number of hydrogen-bond donors (Lipinski definition) is 3. The molecule has 68 valence electrons. The SMILES string of the molecule is O=S(O)Nc1nc2ccccc2[nH]1. The van der Waals surface area contributed by atoms with Gasteiger partial charge in [0.1, 0.15) is 0 Å². The van der Waals surface area contributed by atoms with E-state index >= 15 is 0 Å². The van der Waals surface area contributed by atoms with E-state index in [0.717, 1.165) is 11.0 Å². The zero-order valence-electron chi connectivity index (χ0n) is 6.52. The van der Waals surface area contributed by atoms with Crippen molar-refractivity contribution >= 4 is 28.2 Å². The number of imidazole rings is 1. The lowest BCUT2D eigenvalue weighted by molar-refractivity contribution is 0.570.